The molecule has 1 heterocycles. The van der Waals surface area contributed by atoms with Crippen LogP contribution in [0.15, 0.2) is 12.1 Å². The van der Waals surface area contributed by atoms with E-state index in [0.29, 0.717) is 12.5 Å². The molecule has 1 aliphatic rings. The summed E-state index contributed by atoms with van der Waals surface area (Å²) in [7, 11) is 2.11. The molecule has 2 rings (SSSR count). The van der Waals surface area contributed by atoms with Gasteiger partial charge in [0.25, 0.3) is 0 Å². The highest BCUT2D eigenvalue weighted by atomic mass is 16.2. The van der Waals surface area contributed by atoms with Crippen molar-refractivity contribution in [3.63, 3.8) is 0 Å². The van der Waals surface area contributed by atoms with E-state index in [1.54, 1.807) is 0 Å². The summed E-state index contributed by atoms with van der Waals surface area (Å²) in [6.07, 6.45) is 2.13. The Kier molecular flexibility index (Phi) is 5.77. The van der Waals surface area contributed by atoms with Crippen LogP contribution in [0, 0.1) is 26.7 Å². The number of hydrogen-bond acceptors (Lipinski definition) is 3. The molecule has 0 saturated carbocycles. The molecule has 2 N–H and O–H groups in total. The minimum atomic E-state index is -0.590. The van der Waals surface area contributed by atoms with Crippen molar-refractivity contribution in [2.75, 3.05) is 32.0 Å². The molecule has 23 heavy (non-hydrogen) atoms. The van der Waals surface area contributed by atoms with Crippen molar-refractivity contribution in [3.8, 4) is 0 Å². The number of amides is 2. The predicted molar refractivity (Wildman–Crippen MR) is 92.5 cm³/mol. The fraction of sp³-hybridized carbons (Fsp3) is 0.556. The lowest BCUT2D eigenvalue weighted by Crippen LogP contribution is -2.41. The van der Waals surface area contributed by atoms with Crippen LogP contribution in [0.4, 0.5) is 5.69 Å². The van der Waals surface area contributed by atoms with E-state index in [0.717, 1.165) is 48.3 Å². The monoisotopic (exact) mass is 317 g/mol. The number of aryl methyl sites for hydroxylation is 3. The van der Waals surface area contributed by atoms with Gasteiger partial charge in [-0.25, -0.2) is 0 Å². The van der Waals surface area contributed by atoms with Crippen molar-refractivity contribution in [3.05, 3.63) is 28.8 Å². The Balaban J connectivity index is 1.87. The van der Waals surface area contributed by atoms with E-state index in [1.807, 2.05) is 32.9 Å². The molecule has 1 saturated heterocycles. The molecule has 5 nitrogen and oxygen atoms in total. The van der Waals surface area contributed by atoms with Gasteiger partial charge in [0.15, 0.2) is 0 Å². The number of piperidine rings is 1. The highest BCUT2D eigenvalue weighted by molar-refractivity contribution is 6.39. The largest absolute Gasteiger partial charge is 0.348 e. The van der Waals surface area contributed by atoms with Crippen molar-refractivity contribution >= 4 is 17.5 Å². The second-order valence-corrected chi connectivity index (χ2v) is 6.68. The number of carbonyl (C=O) groups excluding carboxylic acids is 2. The van der Waals surface area contributed by atoms with Crippen molar-refractivity contribution in [1.29, 1.82) is 0 Å². The Bertz CT molecular complexity index is 567. The first-order valence-electron chi connectivity index (χ1n) is 8.22. The maximum atomic E-state index is 12.1. The molecule has 0 aromatic heterocycles. The van der Waals surface area contributed by atoms with Crippen LogP contribution in [0.1, 0.15) is 29.5 Å². The van der Waals surface area contributed by atoms with Gasteiger partial charge in [-0.15, -0.1) is 0 Å². The van der Waals surface area contributed by atoms with Gasteiger partial charge >= 0.3 is 11.8 Å². The van der Waals surface area contributed by atoms with E-state index in [-0.39, 0.29) is 0 Å². The van der Waals surface area contributed by atoms with Crippen LogP contribution in [0.25, 0.3) is 0 Å². The Morgan fingerprint density at radius 2 is 1.65 bits per heavy atom. The van der Waals surface area contributed by atoms with Crippen molar-refractivity contribution < 1.29 is 9.59 Å². The van der Waals surface area contributed by atoms with Crippen LogP contribution >= 0.6 is 0 Å². The minimum absolute atomic E-state index is 0.464. The summed E-state index contributed by atoms with van der Waals surface area (Å²) in [5.74, 6) is -0.679. The molecule has 0 spiro atoms. The topological polar surface area (TPSA) is 61.4 Å². The second-order valence-electron chi connectivity index (χ2n) is 6.68. The number of likely N-dealkylation sites (tertiary alicyclic amines) is 1. The van der Waals surface area contributed by atoms with Gasteiger partial charge in [-0.05, 0) is 70.8 Å². The van der Waals surface area contributed by atoms with Crippen LogP contribution in [-0.2, 0) is 9.59 Å². The second kappa shape index (κ2) is 7.59. The molecule has 0 atom stereocenters. The highest BCUT2D eigenvalue weighted by Gasteiger charge is 2.20. The number of anilines is 1. The molecule has 5 heteroatoms. The van der Waals surface area contributed by atoms with E-state index >= 15 is 0 Å². The van der Waals surface area contributed by atoms with Crippen LogP contribution in [0.2, 0.25) is 0 Å². The number of nitrogens with one attached hydrogen (secondary N) is 2. The molecule has 2 amide bonds. The zero-order chi connectivity index (χ0) is 17.0. The Morgan fingerprint density at radius 3 is 2.22 bits per heavy atom. The van der Waals surface area contributed by atoms with E-state index in [1.165, 1.54) is 0 Å². The fourth-order valence-electron chi connectivity index (χ4n) is 3.13. The number of hydrogen-bond donors (Lipinski definition) is 2. The molecular weight excluding hydrogens is 290 g/mol. The first-order chi connectivity index (χ1) is 10.9. The van der Waals surface area contributed by atoms with E-state index in [9.17, 15) is 9.59 Å². The molecule has 1 fully saturated rings. The minimum Gasteiger partial charge on any atom is -0.348 e. The summed E-state index contributed by atoms with van der Waals surface area (Å²) in [6.45, 7) is 8.56. The summed E-state index contributed by atoms with van der Waals surface area (Å²) in [6, 6.07) is 4.00. The lowest BCUT2D eigenvalue weighted by atomic mass is 9.97. The third-order valence-corrected chi connectivity index (χ3v) is 4.51. The maximum Gasteiger partial charge on any atom is 0.313 e. The quantitative estimate of drug-likeness (QED) is 0.838. The summed E-state index contributed by atoms with van der Waals surface area (Å²) in [4.78, 5) is 26.4. The molecule has 0 aliphatic carbocycles. The van der Waals surface area contributed by atoms with E-state index < -0.39 is 11.8 Å². The first kappa shape index (κ1) is 17.5. The molecule has 0 unspecified atom stereocenters. The molecule has 126 valence electrons. The van der Waals surface area contributed by atoms with Crippen LogP contribution in [-0.4, -0.2) is 43.4 Å². The average Bonchev–Trinajstić information content (AvgIpc) is 2.49. The number of rotatable bonds is 3. The van der Waals surface area contributed by atoms with Gasteiger partial charge in [-0.3, -0.25) is 9.59 Å². The van der Waals surface area contributed by atoms with Crippen molar-refractivity contribution in [2.24, 2.45) is 5.92 Å². The fourth-order valence-corrected chi connectivity index (χ4v) is 3.13. The van der Waals surface area contributed by atoms with Gasteiger partial charge in [-0.1, -0.05) is 17.7 Å². The normalized spacial score (nSPS) is 16.2. The van der Waals surface area contributed by atoms with E-state index in [4.69, 9.17) is 0 Å². The van der Waals surface area contributed by atoms with E-state index in [2.05, 4.69) is 22.6 Å². The zero-order valence-electron chi connectivity index (χ0n) is 14.5. The summed E-state index contributed by atoms with van der Waals surface area (Å²) in [5, 5.41) is 5.51. The summed E-state index contributed by atoms with van der Waals surface area (Å²) >= 11 is 0. The summed E-state index contributed by atoms with van der Waals surface area (Å²) in [5.41, 5.74) is 3.82. The van der Waals surface area contributed by atoms with Gasteiger partial charge < -0.3 is 15.5 Å². The first-order valence-corrected chi connectivity index (χ1v) is 8.22. The van der Waals surface area contributed by atoms with Gasteiger partial charge in [0.05, 0.1) is 0 Å². The molecule has 0 bridgehead atoms. The van der Waals surface area contributed by atoms with Gasteiger partial charge in [0, 0.05) is 12.2 Å². The van der Waals surface area contributed by atoms with Crippen LogP contribution < -0.4 is 10.6 Å². The smallest absolute Gasteiger partial charge is 0.313 e. The highest BCUT2D eigenvalue weighted by Crippen LogP contribution is 2.21. The molecule has 0 radical (unpaired) electrons. The number of carbonyl (C=O) groups is 2. The lowest BCUT2D eigenvalue weighted by Gasteiger charge is -2.28. The third-order valence-electron chi connectivity index (χ3n) is 4.51. The molecule has 1 aromatic rings. The van der Waals surface area contributed by atoms with Crippen LogP contribution in [0.3, 0.4) is 0 Å². The van der Waals surface area contributed by atoms with Gasteiger partial charge in [0.1, 0.15) is 0 Å². The SMILES string of the molecule is Cc1cc(C)c(NC(=O)C(=O)NCC2CCN(C)CC2)c(C)c1. The molecular formula is C18H27N3O2. The standard InChI is InChI=1S/C18H27N3O2/c1-12-9-13(2)16(14(3)10-12)20-18(23)17(22)19-11-15-5-7-21(4)8-6-15/h9-10,15H,5-8,11H2,1-4H3,(H,19,22)(H,20,23). The Labute approximate surface area is 138 Å². The molecule has 1 aromatic carbocycles. The van der Waals surface area contributed by atoms with Gasteiger partial charge in [0.2, 0.25) is 0 Å². The lowest BCUT2D eigenvalue weighted by molar-refractivity contribution is -0.136. The van der Waals surface area contributed by atoms with Crippen LogP contribution in [0.5, 0.6) is 0 Å². The Morgan fingerprint density at radius 1 is 1.09 bits per heavy atom. The third kappa shape index (κ3) is 4.79. The van der Waals surface area contributed by atoms with Gasteiger partial charge in [-0.2, -0.15) is 0 Å². The van der Waals surface area contributed by atoms with Crippen molar-refractivity contribution in [2.45, 2.75) is 33.6 Å². The maximum absolute atomic E-state index is 12.1. The number of nitrogens with zero attached hydrogens (tertiary/aromatic N) is 1. The average molecular weight is 317 g/mol. The number of benzene rings is 1. The Hall–Kier alpha value is -1.88. The van der Waals surface area contributed by atoms with Crippen molar-refractivity contribution in [1.82, 2.24) is 10.2 Å². The zero-order valence-corrected chi connectivity index (χ0v) is 14.5. The molecule has 1 aliphatic heterocycles. The predicted octanol–water partition coefficient (Wildman–Crippen LogP) is 2.01. The summed E-state index contributed by atoms with van der Waals surface area (Å²) < 4.78 is 0.